The van der Waals surface area contributed by atoms with Crippen molar-refractivity contribution in [2.24, 2.45) is 0 Å². The normalized spacial score (nSPS) is 22.9. The molecule has 21 heavy (non-hydrogen) atoms. The number of β-amino-alcohol motifs (C(OH)–C–C–N with tert-alkyl or cyclic N) is 1. The fraction of sp³-hybridized carbons (Fsp3) is 0.385. The van der Waals surface area contributed by atoms with E-state index in [0.717, 1.165) is 4.31 Å². The Morgan fingerprint density at radius 2 is 2.14 bits per heavy atom. The Labute approximate surface area is 122 Å². The van der Waals surface area contributed by atoms with Gasteiger partial charge in [0, 0.05) is 13.0 Å². The van der Waals surface area contributed by atoms with Gasteiger partial charge in [-0.3, -0.25) is 4.79 Å². The number of nitrogens with zero attached hydrogens (tertiary/aromatic N) is 2. The number of benzene rings is 1. The number of rotatable bonds is 3. The van der Waals surface area contributed by atoms with E-state index in [-0.39, 0.29) is 23.4 Å². The monoisotopic (exact) mass is 310 g/mol. The van der Waals surface area contributed by atoms with E-state index < -0.39 is 28.1 Å². The fourth-order valence-corrected chi connectivity index (χ4v) is 4.23. The molecule has 0 aliphatic carbocycles. The maximum atomic E-state index is 12.6. The highest BCUT2D eigenvalue weighted by molar-refractivity contribution is 7.89. The number of aliphatic hydroxyl groups excluding tert-OH is 1. The number of aryl methyl sites for hydroxylation is 1. The highest BCUT2D eigenvalue weighted by Crippen LogP contribution is 2.28. The fourth-order valence-electron chi connectivity index (χ4n) is 2.35. The Balaban J connectivity index is 2.52. The van der Waals surface area contributed by atoms with E-state index in [4.69, 9.17) is 10.4 Å². The maximum Gasteiger partial charge on any atom is 0.322 e. The molecule has 2 N–H and O–H groups in total. The highest BCUT2D eigenvalue weighted by atomic mass is 32.2. The van der Waals surface area contributed by atoms with Gasteiger partial charge in [-0.05, 0) is 24.6 Å². The lowest BCUT2D eigenvalue weighted by Crippen LogP contribution is -2.40. The van der Waals surface area contributed by atoms with Gasteiger partial charge in [0.25, 0.3) is 0 Å². The standard InChI is InChI=1S/C13H14N2O5S/c1-8-2-3-9(6-14)4-12(8)21(19,20)15-7-10(16)5-11(15)13(17)18/h2-4,10-11,16H,5,7H2,1H3,(H,17,18)/t10?,11-/m0/s1. The minimum absolute atomic E-state index is 0.109. The maximum absolute atomic E-state index is 12.6. The molecule has 1 aliphatic heterocycles. The van der Waals surface area contributed by atoms with Crippen molar-refractivity contribution < 1.29 is 23.4 Å². The van der Waals surface area contributed by atoms with Crippen LogP contribution >= 0.6 is 0 Å². The third kappa shape index (κ3) is 2.76. The smallest absolute Gasteiger partial charge is 0.322 e. The molecule has 2 rings (SSSR count). The molecule has 1 aromatic carbocycles. The summed E-state index contributed by atoms with van der Waals surface area (Å²) in [6.07, 6.45) is -1.16. The number of nitriles is 1. The predicted molar refractivity (Wildman–Crippen MR) is 71.8 cm³/mol. The van der Waals surface area contributed by atoms with Crippen LogP contribution in [-0.2, 0) is 14.8 Å². The van der Waals surface area contributed by atoms with Gasteiger partial charge in [-0.25, -0.2) is 8.42 Å². The van der Waals surface area contributed by atoms with E-state index in [9.17, 15) is 18.3 Å². The van der Waals surface area contributed by atoms with Gasteiger partial charge in [0.05, 0.1) is 22.6 Å². The van der Waals surface area contributed by atoms with E-state index >= 15 is 0 Å². The van der Waals surface area contributed by atoms with Crippen LogP contribution in [0, 0.1) is 18.3 Å². The van der Waals surface area contributed by atoms with Crippen LogP contribution in [0.25, 0.3) is 0 Å². The average Bonchev–Trinajstić information content (AvgIpc) is 2.82. The summed E-state index contributed by atoms with van der Waals surface area (Å²) in [5, 5.41) is 27.6. The average molecular weight is 310 g/mol. The molecule has 1 unspecified atom stereocenters. The second-order valence-corrected chi connectivity index (χ2v) is 6.77. The molecule has 0 amide bonds. The molecule has 0 aromatic heterocycles. The van der Waals surface area contributed by atoms with Crippen LogP contribution in [0.1, 0.15) is 17.5 Å². The Hall–Kier alpha value is -1.95. The molecule has 8 heteroatoms. The number of hydrogen-bond acceptors (Lipinski definition) is 5. The van der Waals surface area contributed by atoms with Crippen molar-refractivity contribution in [1.82, 2.24) is 4.31 Å². The van der Waals surface area contributed by atoms with Gasteiger partial charge in [-0.1, -0.05) is 6.07 Å². The van der Waals surface area contributed by atoms with Crippen molar-refractivity contribution in [3.8, 4) is 6.07 Å². The number of carboxylic acid groups (broad SMARTS) is 1. The molecule has 2 atom stereocenters. The zero-order valence-electron chi connectivity index (χ0n) is 11.2. The zero-order valence-corrected chi connectivity index (χ0v) is 12.0. The van der Waals surface area contributed by atoms with Crippen LogP contribution in [-0.4, -0.2) is 47.6 Å². The van der Waals surface area contributed by atoms with Gasteiger partial charge < -0.3 is 10.2 Å². The Morgan fingerprint density at radius 3 is 2.71 bits per heavy atom. The molecular weight excluding hydrogens is 296 g/mol. The first-order valence-corrected chi connectivity index (χ1v) is 7.65. The van der Waals surface area contributed by atoms with Gasteiger partial charge in [0.2, 0.25) is 10.0 Å². The first-order chi connectivity index (χ1) is 9.77. The Kier molecular flexibility index (Phi) is 4.00. The van der Waals surface area contributed by atoms with E-state index in [0.29, 0.717) is 5.56 Å². The third-order valence-electron chi connectivity index (χ3n) is 3.42. The van der Waals surface area contributed by atoms with Crippen molar-refractivity contribution in [2.45, 2.75) is 30.4 Å². The minimum Gasteiger partial charge on any atom is -0.480 e. The van der Waals surface area contributed by atoms with Gasteiger partial charge in [-0.2, -0.15) is 9.57 Å². The first-order valence-electron chi connectivity index (χ1n) is 6.21. The van der Waals surface area contributed by atoms with E-state index in [1.54, 1.807) is 6.92 Å². The number of carboxylic acids is 1. The molecule has 0 radical (unpaired) electrons. The van der Waals surface area contributed by atoms with Gasteiger partial charge >= 0.3 is 5.97 Å². The van der Waals surface area contributed by atoms with E-state index in [1.807, 2.05) is 6.07 Å². The van der Waals surface area contributed by atoms with Crippen molar-refractivity contribution in [2.75, 3.05) is 6.54 Å². The number of sulfonamides is 1. The summed E-state index contributed by atoms with van der Waals surface area (Å²) in [5.41, 5.74) is 0.588. The highest BCUT2D eigenvalue weighted by Gasteiger charge is 2.44. The topological polar surface area (TPSA) is 119 Å². The van der Waals surface area contributed by atoms with Crippen LogP contribution in [0.4, 0.5) is 0 Å². The number of aliphatic hydroxyl groups is 1. The molecule has 1 heterocycles. The Morgan fingerprint density at radius 1 is 1.48 bits per heavy atom. The van der Waals surface area contributed by atoms with Gasteiger partial charge in [0.1, 0.15) is 6.04 Å². The lowest BCUT2D eigenvalue weighted by molar-refractivity contribution is -0.140. The predicted octanol–water partition coefficient (Wildman–Crippen LogP) is 0.0752. The molecular formula is C13H14N2O5S. The van der Waals surface area contributed by atoms with Gasteiger partial charge in [-0.15, -0.1) is 0 Å². The lowest BCUT2D eigenvalue weighted by Gasteiger charge is -2.21. The molecule has 0 saturated carbocycles. The minimum atomic E-state index is -4.09. The first kappa shape index (κ1) is 15.4. The third-order valence-corrected chi connectivity index (χ3v) is 5.44. The molecule has 1 saturated heterocycles. The van der Waals surface area contributed by atoms with Crippen LogP contribution in [0.2, 0.25) is 0 Å². The van der Waals surface area contributed by atoms with Crippen molar-refractivity contribution in [3.63, 3.8) is 0 Å². The van der Waals surface area contributed by atoms with E-state index in [1.165, 1.54) is 18.2 Å². The number of aliphatic carboxylic acids is 1. The molecule has 1 aromatic rings. The number of carbonyl (C=O) groups is 1. The summed E-state index contributed by atoms with van der Waals surface area (Å²) in [4.78, 5) is 11.1. The van der Waals surface area contributed by atoms with Crippen LogP contribution in [0.3, 0.4) is 0 Å². The summed E-state index contributed by atoms with van der Waals surface area (Å²) >= 11 is 0. The zero-order chi connectivity index (χ0) is 15.8. The largest absolute Gasteiger partial charge is 0.480 e. The summed E-state index contributed by atoms with van der Waals surface area (Å²) in [6.45, 7) is 1.30. The summed E-state index contributed by atoms with van der Waals surface area (Å²) < 4.78 is 26.0. The van der Waals surface area contributed by atoms with E-state index in [2.05, 4.69) is 0 Å². The quantitative estimate of drug-likeness (QED) is 0.816. The molecule has 112 valence electrons. The van der Waals surface area contributed by atoms with Crippen molar-refractivity contribution in [1.29, 1.82) is 5.26 Å². The number of hydrogen-bond donors (Lipinski definition) is 2. The lowest BCUT2D eigenvalue weighted by atomic mass is 10.2. The summed E-state index contributed by atoms with van der Waals surface area (Å²) in [6, 6.07) is 4.75. The van der Waals surface area contributed by atoms with Gasteiger partial charge in [0.15, 0.2) is 0 Å². The van der Waals surface area contributed by atoms with Crippen LogP contribution in [0.15, 0.2) is 23.1 Å². The molecule has 0 bridgehead atoms. The molecule has 7 nitrogen and oxygen atoms in total. The van der Waals surface area contributed by atoms with Crippen molar-refractivity contribution >= 4 is 16.0 Å². The summed E-state index contributed by atoms with van der Waals surface area (Å²) in [5.74, 6) is -1.30. The second-order valence-electron chi connectivity index (χ2n) is 4.91. The van der Waals surface area contributed by atoms with Crippen molar-refractivity contribution in [3.05, 3.63) is 29.3 Å². The summed E-state index contributed by atoms with van der Waals surface area (Å²) in [7, 11) is -4.09. The molecule has 1 fully saturated rings. The Bertz CT molecular complexity index is 723. The van der Waals surface area contributed by atoms with Crippen LogP contribution < -0.4 is 0 Å². The second kappa shape index (κ2) is 5.44. The molecule has 0 spiro atoms. The van der Waals surface area contributed by atoms with Crippen LogP contribution in [0.5, 0.6) is 0 Å². The SMILES string of the molecule is Cc1ccc(C#N)cc1S(=O)(=O)N1CC(O)C[C@H]1C(=O)O. The molecule has 1 aliphatic rings.